The molecule has 1 aliphatic heterocycles. The summed E-state index contributed by atoms with van der Waals surface area (Å²) in [4.78, 5) is 13.5. The Morgan fingerprint density at radius 3 is 2.14 bits per heavy atom. The first-order valence-corrected chi connectivity index (χ1v) is 6.85. The first-order chi connectivity index (χ1) is 10.2. The molecule has 1 aliphatic rings. The highest BCUT2D eigenvalue weighted by Crippen LogP contribution is 2.25. The van der Waals surface area contributed by atoms with Crippen LogP contribution < -0.4 is 10.6 Å². The van der Waals surface area contributed by atoms with Crippen molar-refractivity contribution in [2.24, 2.45) is 16.0 Å². The predicted molar refractivity (Wildman–Crippen MR) is 82.0 cm³/mol. The molecular formula is C16H16N4O. The summed E-state index contributed by atoms with van der Waals surface area (Å²) < 4.78 is 0. The van der Waals surface area contributed by atoms with E-state index >= 15 is 0 Å². The molecule has 0 aromatic heterocycles. The van der Waals surface area contributed by atoms with E-state index in [9.17, 15) is 4.79 Å². The number of hydrogen-bond acceptors (Lipinski definition) is 4. The normalized spacial score (nSPS) is 18.6. The van der Waals surface area contributed by atoms with Crippen LogP contribution in [0.2, 0.25) is 0 Å². The average molecular weight is 280 g/mol. The van der Waals surface area contributed by atoms with E-state index in [-0.39, 0.29) is 11.9 Å². The van der Waals surface area contributed by atoms with Gasteiger partial charge in [0, 0.05) is 24.7 Å². The summed E-state index contributed by atoms with van der Waals surface area (Å²) in [6.45, 7) is 0.573. The van der Waals surface area contributed by atoms with Gasteiger partial charge in [-0.25, -0.2) is 0 Å². The van der Waals surface area contributed by atoms with Crippen LogP contribution in [0.15, 0.2) is 64.8 Å². The highest BCUT2D eigenvalue weighted by Gasteiger charge is 2.27. The smallest absolute Gasteiger partial charge is 0.228 e. The van der Waals surface area contributed by atoms with Gasteiger partial charge in [0.2, 0.25) is 5.91 Å². The van der Waals surface area contributed by atoms with E-state index in [1.165, 1.54) is 0 Å². The first kappa shape index (κ1) is 13.5. The number of carbonyl (C=O) groups excluding carboxylic acids is 1. The van der Waals surface area contributed by atoms with Crippen molar-refractivity contribution in [1.29, 1.82) is 0 Å². The van der Waals surface area contributed by atoms with Gasteiger partial charge in [-0.1, -0.05) is 18.2 Å². The lowest BCUT2D eigenvalue weighted by molar-refractivity contribution is -0.117. The van der Waals surface area contributed by atoms with Crippen LogP contribution in [-0.4, -0.2) is 18.5 Å². The molecule has 0 spiro atoms. The first-order valence-electron chi connectivity index (χ1n) is 6.85. The number of carbonyl (C=O) groups is 1. The topological polar surface area (TPSA) is 71.1 Å². The van der Waals surface area contributed by atoms with E-state index in [0.29, 0.717) is 13.0 Å². The Kier molecular flexibility index (Phi) is 3.75. The minimum atomic E-state index is -0.0741. The van der Waals surface area contributed by atoms with Crippen molar-refractivity contribution in [2.75, 3.05) is 11.4 Å². The fraction of sp³-hybridized carbons (Fsp3) is 0.188. The minimum absolute atomic E-state index is 0.0705. The van der Waals surface area contributed by atoms with Gasteiger partial charge in [0.15, 0.2) is 0 Å². The lowest BCUT2D eigenvalue weighted by Gasteiger charge is -2.15. The number of nitrogens with zero attached hydrogens (tertiary/aromatic N) is 3. The van der Waals surface area contributed by atoms with Crippen molar-refractivity contribution in [3.05, 3.63) is 54.6 Å². The zero-order chi connectivity index (χ0) is 14.7. The molecule has 1 heterocycles. The summed E-state index contributed by atoms with van der Waals surface area (Å²) in [5.74, 6) is 0.0705. The number of nitrogens with two attached hydrogens (primary N) is 1. The van der Waals surface area contributed by atoms with Crippen LogP contribution in [0.3, 0.4) is 0 Å². The number of benzene rings is 2. The Morgan fingerprint density at radius 1 is 0.952 bits per heavy atom. The summed E-state index contributed by atoms with van der Waals surface area (Å²) in [5.41, 5.74) is 8.21. The standard InChI is InChI=1S/C16H16N4O/c17-12-10-16(21)20(11-12)15-8-6-14(7-9-15)19-18-13-4-2-1-3-5-13/h1-9,12H,10-11,17H2. The van der Waals surface area contributed by atoms with E-state index in [4.69, 9.17) is 5.73 Å². The largest absolute Gasteiger partial charge is 0.326 e. The van der Waals surface area contributed by atoms with Crippen LogP contribution >= 0.6 is 0 Å². The number of anilines is 1. The monoisotopic (exact) mass is 280 g/mol. The maximum atomic E-state index is 11.8. The summed E-state index contributed by atoms with van der Waals surface area (Å²) in [6.07, 6.45) is 0.412. The third-order valence-corrected chi connectivity index (χ3v) is 3.35. The highest BCUT2D eigenvalue weighted by atomic mass is 16.2. The van der Waals surface area contributed by atoms with Gasteiger partial charge in [-0.3, -0.25) is 4.79 Å². The molecule has 0 saturated carbocycles. The summed E-state index contributed by atoms with van der Waals surface area (Å²) in [7, 11) is 0. The SMILES string of the molecule is NC1CC(=O)N(c2ccc(N=Nc3ccccc3)cc2)C1. The molecule has 2 aromatic carbocycles. The molecule has 0 radical (unpaired) electrons. The van der Waals surface area contributed by atoms with E-state index in [1.807, 2.05) is 54.6 Å². The number of amides is 1. The van der Waals surface area contributed by atoms with Crippen molar-refractivity contribution in [1.82, 2.24) is 0 Å². The maximum Gasteiger partial charge on any atom is 0.228 e. The van der Waals surface area contributed by atoms with E-state index < -0.39 is 0 Å². The van der Waals surface area contributed by atoms with Crippen LogP contribution in [0.1, 0.15) is 6.42 Å². The lowest BCUT2D eigenvalue weighted by atomic mass is 10.2. The Balaban J connectivity index is 1.73. The Bertz CT molecular complexity index is 652. The molecule has 0 aliphatic carbocycles. The van der Waals surface area contributed by atoms with Crippen LogP contribution in [0.25, 0.3) is 0 Å². The third-order valence-electron chi connectivity index (χ3n) is 3.35. The second kappa shape index (κ2) is 5.85. The van der Waals surface area contributed by atoms with Crippen molar-refractivity contribution in [3.8, 4) is 0 Å². The minimum Gasteiger partial charge on any atom is -0.326 e. The van der Waals surface area contributed by atoms with E-state index in [1.54, 1.807) is 4.90 Å². The van der Waals surface area contributed by atoms with Crippen molar-refractivity contribution < 1.29 is 4.79 Å². The molecule has 5 nitrogen and oxygen atoms in total. The van der Waals surface area contributed by atoms with Gasteiger partial charge in [0.25, 0.3) is 0 Å². The van der Waals surface area contributed by atoms with E-state index in [0.717, 1.165) is 17.1 Å². The van der Waals surface area contributed by atoms with Gasteiger partial charge in [-0.2, -0.15) is 10.2 Å². The molecule has 2 aromatic rings. The molecule has 1 amide bonds. The Labute approximate surface area is 123 Å². The maximum absolute atomic E-state index is 11.8. The summed E-state index contributed by atoms with van der Waals surface area (Å²) in [6, 6.07) is 16.9. The number of hydrogen-bond donors (Lipinski definition) is 1. The van der Waals surface area contributed by atoms with Crippen LogP contribution in [0, 0.1) is 0 Å². The Morgan fingerprint density at radius 2 is 1.57 bits per heavy atom. The fourth-order valence-corrected chi connectivity index (χ4v) is 2.29. The van der Waals surface area contributed by atoms with Gasteiger partial charge in [-0.05, 0) is 36.4 Å². The van der Waals surface area contributed by atoms with Crippen LogP contribution in [-0.2, 0) is 4.79 Å². The Hall–Kier alpha value is -2.53. The van der Waals surface area contributed by atoms with Gasteiger partial charge in [-0.15, -0.1) is 0 Å². The zero-order valence-electron chi connectivity index (χ0n) is 11.5. The van der Waals surface area contributed by atoms with Crippen molar-refractivity contribution in [2.45, 2.75) is 12.5 Å². The summed E-state index contributed by atoms with van der Waals surface area (Å²) >= 11 is 0. The van der Waals surface area contributed by atoms with Gasteiger partial charge >= 0.3 is 0 Å². The molecule has 3 rings (SSSR count). The van der Waals surface area contributed by atoms with Gasteiger partial charge in [0.05, 0.1) is 11.4 Å². The van der Waals surface area contributed by atoms with Gasteiger partial charge < -0.3 is 10.6 Å². The van der Waals surface area contributed by atoms with Crippen molar-refractivity contribution in [3.63, 3.8) is 0 Å². The fourth-order valence-electron chi connectivity index (χ4n) is 2.29. The number of azo groups is 1. The number of rotatable bonds is 3. The second-order valence-electron chi connectivity index (χ2n) is 5.02. The average Bonchev–Trinajstić information content (AvgIpc) is 2.85. The predicted octanol–water partition coefficient (Wildman–Crippen LogP) is 3.17. The van der Waals surface area contributed by atoms with E-state index in [2.05, 4.69) is 10.2 Å². The molecule has 1 saturated heterocycles. The summed E-state index contributed by atoms with van der Waals surface area (Å²) in [5, 5.41) is 8.33. The van der Waals surface area contributed by atoms with Crippen molar-refractivity contribution >= 4 is 23.0 Å². The molecule has 1 fully saturated rings. The lowest BCUT2D eigenvalue weighted by Crippen LogP contribution is -2.27. The van der Waals surface area contributed by atoms with Crippen LogP contribution in [0.4, 0.5) is 17.1 Å². The molecule has 21 heavy (non-hydrogen) atoms. The molecule has 1 unspecified atom stereocenters. The van der Waals surface area contributed by atoms with Crippen LogP contribution in [0.5, 0.6) is 0 Å². The van der Waals surface area contributed by atoms with Gasteiger partial charge in [0.1, 0.15) is 0 Å². The quantitative estimate of drug-likeness (QED) is 0.877. The third kappa shape index (κ3) is 3.14. The highest BCUT2D eigenvalue weighted by molar-refractivity contribution is 5.96. The second-order valence-corrected chi connectivity index (χ2v) is 5.02. The molecular weight excluding hydrogens is 264 g/mol. The molecule has 0 bridgehead atoms. The molecule has 2 N–H and O–H groups in total. The zero-order valence-corrected chi connectivity index (χ0v) is 11.5. The molecule has 106 valence electrons. The molecule has 1 atom stereocenters. The molecule has 5 heteroatoms.